The zero-order valence-electron chi connectivity index (χ0n) is 11.2. The highest BCUT2D eigenvalue weighted by molar-refractivity contribution is 9.10. The van der Waals surface area contributed by atoms with Crippen molar-refractivity contribution < 1.29 is 17.0 Å². The number of hydrogen-bond donors (Lipinski definition) is 0. The highest BCUT2D eigenvalue weighted by Gasteiger charge is 2.23. The second-order valence-electron chi connectivity index (χ2n) is 4.50. The van der Waals surface area contributed by atoms with E-state index >= 15 is 0 Å². The Morgan fingerprint density at radius 2 is 2.00 bits per heavy atom. The zero-order valence-corrected chi connectivity index (χ0v) is 13.6. The van der Waals surface area contributed by atoms with Crippen LogP contribution in [-0.4, -0.2) is 19.7 Å². The Kier molecular flexibility index (Phi) is 5.08. The Morgan fingerprint density at radius 3 is 2.57 bits per heavy atom. The summed E-state index contributed by atoms with van der Waals surface area (Å²) in [5.41, 5.74) is 0.794. The van der Waals surface area contributed by atoms with Crippen LogP contribution in [0.25, 0.3) is 0 Å². The van der Waals surface area contributed by atoms with Crippen molar-refractivity contribution in [1.82, 2.24) is 4.98 Å². The monoisotopic (exact) mass is 373 g/mol. The summed E-state index contributed by atoms with van der Waals surface area (Å²) in [6.45, 7) is 0. The van der Waals surface area contributed by atoms with Gasteiger partial charge in [0.1, 0.15) is 17.6 Å². The normalized spacial score (nSPS) is 13.1. The number of halogens is 2. The largest absolute Gasteiger partial charge is 0.265 e. The van der Waals surface area contributed by atoms with Crippen LogP contribution in [0.2, 0.25) is 0 Å². The van der Waals surface area contributed by atoms with Gasteiger partial charge in [0.05, 0.1) is 6.26 Å². The summed E-state index contributed by atoms with van der Waals surface area (Å²) in [7, 11) is -3.74. The van der Waals surface area contributed by atoms with Gasteiger partial charge in [-0.15, -0.1) is 0 Å². The molecular weight excluding hydrogens is 361 g/mol. The Balaban J connectivity index is 2.36. The maximum atomic E-state index is 14.0. The SMILES string of the molecule is CS(=O)(=O)OC(Cc1ccccc1)c1ncc(Br)cc1F. The van der Waals surface area contributed by atoms with Gasteiger partial charge in [-0.3, -0.25) is 9.17 Å². The quantitative estimate of drug-likeness (QED) is 0.754. The van der Waals surface area contributed by atoms with Gasteiger partial charge in [0.15, 0.2) is 0 Å². The van der Waals surface area contributed by atoms with E-state index in [2.05, 4.69) is 20.9 Å². The fourth-order valence-electron chi connectivity index (χ4n) is 1.88. The first-order valence-corrected chi connectivity index (χ1v) is 8.69. The molecule has 0 N–H and O–H groups in total. The van der Waals surface area contributed by atoms with E-state index in [1.807, 2.05) is 30.3 Å². The second-order valence-corrected chi connectivity index (χ2v) is 7.02. The van der Waals surface area contributed by atoms with Gasteiger partial charge < -0.3 is 0 Å². The maximum Gasteiger partial charge on any atom is 0.265 e. The Hall–Kier alpha value is -1.31. The van der Waals surface area contributed by atoms with E-state index in [0.29, 0.717) is 4.47 Å². The van der Waals surface area contributed by atoms with Crippen LogP contribution < -0.4 is 0 Å². The molecule has 0 radical (unpaired) electrons. The number of hydrogen-bond acceptors (Lipinski definition) is 4. The smallest absolute Gasteiger partial charge is 0.260 e. The minimum atomic E-state index is -3.74. The first kappa shape index (κ1) is 16.1. The molecule has 21 heavy (non-hydrogen) atoms. The molecule has 2 aromatic rings. The van der Waals surface area contributed by atoms with E-state index in [1.165, 1.54) is 12.3 Å². The number of benzene rings is 1. The van der Waals surface area contributed by atoms with Crippen LogP contribution in [0, 0.1) is 5.82 Å². The molecule has 0 bridgehead atoms. The molecule has 0 amide bonds. The standard InChI is InChI=1S/C14H13BrFNO3S/c1-21(18,19)20-13(7-10-5-3-2-4-6-10)14-12(16)8-11(15)9-17-14/h2-6,8-9,13H,7H2,1H3. The third-order valence-corrected chi connectivity index (χ3v) is 3.71. The fourth-order valence-corrected chi connectivity index (χ4v) is 2.76. The molecule has 1 atom stereocenters. The van der Waals surface area contributed by atoms with Crippen molar-refractivity contribution in [3.05, 3.63) is 64.1 Å². The van der Waals surface area contributed by atoms with E-state index in [4.69, 9.17) is 4.18 Å². The van der Waals surface area contributed by atoms with Crippen molar-refractivity contribution in [1.29, 1.82) is 0 Å². The third kappa shape index (κ3) is 4.87. The summed E-state index contributed by atoms with van der Waals surface area (Å²) in [5, 5.41) is 0. The Labute approximate surface area is 131 Å². The molecule has 0 aliphatic carbocycles. The number of pyridine rings is 1. The lowest BCUT2D eigenvalue weighted by Crippen LogP contribution is -2.15. The van der Waals surface area contributed by atoms with Crippen LogP contribution in [-0.2, 0) is 20.7 Å². The zero-order chi connectivity index (χ0) is 15.5. The van der Waals surface area contributed by atoms with Gasteiger partial charge in [0, 0.05) is 17.1 Å². The van der Waals surface area contributed by atoms with E-state index in [0.717, 1.165) is 11.8 Å². The fraction of sp³-hybridized carbons (Fsp3) is 0.214. The first-order chi connectivity index (χ1) is 9.85. The van der Waals surface area contributed by atoms with Crippen LogP contribution in [0.5, 0.6) is 0 Å². The molecule has 112 valence electrons. The van der Waals surface area contributed by atoms with Crippen molar-refractivity contribution in [3.8, 4) is 0 Å². The van der Waals surface area contributed by atoms with E-state index in [1.54, 1.807) is 0 Å². The molecule has 0 saturated heterocycles. The van der Waals surface area contributed by atoms with Crippen LogP contribution >= 0.6 is 15.9 Å². The van der Waals surface area contributed by atoms with Crippen LogP contribution in [0.1, 0.15) is 17.4 Å². The van der Waals surface area contributed by atoms with Gasteiger partial charge in [-0.2, -0.15) is 8.42 Å². The predicted octanol–water partition coefficient (Wildman–Crippen LogP) is 3.24. The van der Waals surface area contributed by atoms with E-state index in [9.17, 15) is 12.8 Å². The van der Waals surface area contributed by atoms with Crippen molar-refractivity contribution in [2.75, 3.05) is 6.26 Å². The first-order valence-electron chi connectivity index (χ1n) is 6.08. The molecule has 1 aromatic heterocycles. The molecule has 1 heterocycles. The molecular formula is C14H13BrFNO3S. The maximum absolute atomic E-state index is 14.0. The van der Waals surface area contributed by atoms with Crippen molar-refractivity contribution >= 4 is 26.0 Å². The van der Waals surface area contributed by atoms with Crippen molar-refractivity contribution in [3.63, 3.8) is 0 Å². The highest BCUT2D eigenvalue weighted by atomic mass is 79.9. The van der Waals surface area contributed by atoms with Gasteiger partial charge in [0.2, 0.25) is 0 Å². The van der Waals surface area contributed by atoms with Gasteiger partial charge in [-0.1, -0.05) is 30.3 Å². The van der Waals surface area contributed by atoms with Crippen LogP contribution in [0.4, 0.5) is 4.39 Å². The molecule has 4 nitrogen and oxygen atoms in total. The molecule has 2 rings (SSSR count). The molecule has 0 saturated carbocycles. The van der Waals surface area contributed by atoms with E-state index in [-0.39, 0.29) is 12.1 Å². The lowest BCUT2D eigenvalue weighted by atomic mass is 10.1. The van der Waals surface area contributed by atoms with Gasteiger partial charge >= 0.3 is 0 Å². The molecule has 0 spiro atoms. The Morgan fingerprint density at radius 1 is 1.33 bits per heavy atom. The summed E-state index contributed by atoms with van der Waals surface area (Å²) < 4.78 is 42.3. The topological polar surface area (TPSA) is 56.3 Å². The minimum absolute atomic E-state index is 0.0347. The summed E-state index contributed by atoms with van der Waals surface area (Å²) in [6.07, 6.45) is 1.54. The van der Waals surface area contributed by atoms with Crippen molar-refractivity contribution in [2.24, 2.45) is 0 Å². The lowest BCUT2D eigenvalue weighted by molar-refractivity contribution is 0.205. The second kappa shape index (κ2) is 6.64. The molecule has 1 aromatic carbocycles. The van der Waals surface area contributed by atoms with Gasteiger partial charge in [-0.25, -0.2) is 4.39 Å². The summed E-state index contributed by atoms with van der Waals surface area (Å²) in [6, 6.07) is 10.3. The third-order valence-electron chi connectivity index (χ3n) is 2.70. The number of aromatic nitrogens is 1. The summed E-state index contributed by atoms with van der Waals surface area (Å²) >= 11 is 3.11. The van der Waals surface area contributed by atoms with Crippen LogP contribution in [0.3, 0.4) is 0 Å². The average molecular weight is 374 g/mol. The summed E-state index contributed by atoms with van der Waals surface area (Å²) in [5.74, 6) is -0.617. The Bertz CT molecular complexity index is 722. The van der Waals surface area contributed by atoms with Crippen LogP contribution in [0.15, 0.2) is 47.1 Å². The highest BCUT2D eigenvalue weighted by Crippen LogP contribution is 2.26. The average Bonchev–Trinajstić information content (AvgIpc) is 2.37. The van der Waals surface area contributed by atoms with Gasteiger partial charge in [-0.05, 0) is 27.6 Å². The molecule has 7 heteroatoms. The van der Waals surface area contributed by atoms with Gasteiger partial charge in [0.25, 0.3) is 10.1 Å². The lowest BCUT2D eigenvalue weighted by Gasteiger charge is -2.16. The summed E-state index contributed by atoms with van der Waals surface area (Å²) in [4.78, 5) is 3.95. The molecule has 0 aliphatic heterocycles. The van der Waals surface area contributed by atoms with E-state index < -0.39 is 22.0 Å². The molecule has 0 aliphatic rings. The molecule has 0 fully saturated rings. The molecule has 1 unspecified atom stereocenters. The number of rotatable bonds is 5. The predicted molar refractivity (Wildman–Crippen MR) is 80.7 cm³/mol. The number of nitrogens with zero attached hydrogens (tertiary/aromatic N) is 1. The minimum Gasteiger partial charge on any atom is -0.260 e. The van der Waals surface area contributed by atoms with Crippen molar-refractivity contribution in [2.45, 2.75) is 12.5 Å².